The van der Waals surface area contributed by atoms with Crippen LogP contribution in [0.4, 0.5) is 4.39 Å². The Hall–Kier alpha value is -0.610. The molecule has 0 heterocycles. The number of hydrogen-bond donors (Lipinski definition) is 1. The molecular formula is C10H12BrFO2. The molecule has 0 bridgehead atoms. The first-order valence-electron chi connectivity index (χ1n) is 4.31. The van der Waals surface area contributed by atoms with Gasteiger partial charge in [-0.3, -0.25) is 0 Å². The summed E-state index contributed by atoms with van der Waals surface area (Å²) in [4.78, 5) is 0. The van der Waals surface area contributed by atoms with Crippen molar-refractivity contribution in [2.75, 3.05) is 13.7 Å². The van der Waals surface area contributed by atoms with Crippen molar-refractivity contribution >= 4 is 15.9 Å². The van der Waals surface area contributed by atoms with Crippen LogP contribution in [0.2, 0.25) is 0 Å². The Morgan fingerprint density at radius 2 is 2.21 bits per heavy atom. The van der Waals surface area contributed by atoms with Crippen LogP contribution >= 0.6 is 15.9 Å². The molecule has 0 fully saturated rings. The lowest BCUT2D eigenvalue weighted by Crippen LogP contribution is -1.95. The maximum Gasteiger partial charge on any atom is 0.136 e. The van der Waals surface area contributed by atoms with Crippen LogP contribution in [0.3, 0.4) is 0 Å². The van der Waals surface area contributed by atoms with Crippen LogP contribution in [-0.4, -0.2) is 18.8 Å². The molecule has 1 rings (SSSR count). The minimum Gasteiger partial charge on any atom is -0.495 e. The third kappa shape index (κ3) is 2.69. The zero-order valence-corrected chi connectivity index (χ0v) is 9.47. The van der Waals surface area contributed by atoms with Crippen LogP contribution in [-0.2, 0) is 6.42 Å². The summed E-state index contributed by atoms with van der Waals surface area (Å²) < 4.78 is 18.8. The Bertz CT molecular complexity index is 315. The van der Waals surface area contributed by atoms with E-state index in [1.807, 2.05) is 0 Å². The topological polar surface area (TPSA) is 29.5 Å². The van der Waals surface area contributed by atoms with Crippen LogP contribution in [0.15, 0.2) is 16.6 Å². The quantitative estimate of drug-likeness (QED) is 0.904. The van der Waals surface area contributed by atoms with Gasteiger partial charge in [-0.25, -0.2) is 4.39 Å². The Labute approximate surface area is 90.8 Å². The third-order valence-electron chi connectivity index (χ3n) is 1.90. The molecule has 1 N–H and O–H groups in total. The zero-order chi connectivity index (χ0) is 10.6. The van der Waals surface area contributed by atoms with Crippen LogP contribution < -0.4 is 4.74 Å². The Morgan fingerprint density at radius 1 is 1.50 bits per heavy atom. The molecule has 4 heteroatoms. The first-order valence-corrected chi connectivity index (χ1v) is 5.11. The summed E-state index contributed by atoms with van der Waals surface area (Å²) in [6.07, 6.45) is 1.25. The lowest BCUT2D eigenvalue weighted by atomic mass is 10.1. The number of halogens is 2. The predicted octanol–water partition coefficient (Wildman–Crippen LogP) is 2.52. The van der Waals surface area contributed by atoms with Gasteiger partial charge in [0.25, 0.3) is 0 Å². The van der Waals surface area contributed by atoms with Gasteiger partial charge in [0, 0.05) is 12.7 Å². The number of benzene rings is 1. The summed E-state index contributed by atoms with van der Waals surface area (Å²) in [6.45, 7) is 0.102. The number of aliphatic hydroxyl groups is 1. The molecule has 14 heavy (non-hydrogen) atoms. The number of methoxy groups -OCH3 is 1. The fraction of sp³-hybridized carbons (Fsp3) is 0.400. The molecule has 0 saturated carbocycles. The van der Waals surface area contributed by atoms with Gasteiger partial charge in [-0.15, -0.1) is 0 Å². The van der Waals surface area contributed by atoms with Crippen molar-refractivity contribution in [2.45, 2.75) is 12.8 Å². The normalized spacial score (nSPS) is 10.3. The molecule has 0 aliphatic rings. The molecule has 0 atom stereocenters. The highest BCUT2D eigenvalue weighted by molar-refractivity contribution is 9.10. The molecule has 0 spiro atoms. The van der Waals surface area contributed by atoms with Gasteiger partial charge < -0.3 is 9.84 Å². The second-order valence-corrected chi connectivity index (χ2v) is 3.70. The molecule has 1 aromatic rings. The van der Waals surface area contributed by atoms with Crippen LogP contribution in [0.1, 0.15) is 12.0 Å². The SMILES string of the molecule is COc1cc(F)cc(CCCO)c1Br. The molecule has 0 unspecified atom stereocenters. The average molecular weight is 263 g/mol. The van der Waals surface area contributed by atoms with Crippen molar-refractivity contribution in [1.29, 1.82) is 0 Å². The minimum atomic E-state index is -0.321. The number of rotatable bonds is 4. The van der Waals surface area contributed by atoms with Crippen LogP contribution in [0, 0.1) is 5.82 Å². The zero-order valence-electron chi connectivity index (χ0n) is 7.89. The lowest BCUT2D eigenvalue weighted by Gasteiger charge is -2.08. The number of hydrogen-bond acceptors (Lipinski definition) is 2. The molecule has 2 nitrogen and oxygen atoms in total. The smallest absolute Gasteiger partial charge is 0.136 e. The molecule has 0 aromatic heterocycles. The van der Waals surface area contributed by atoms with Gasteiger partial charge in [0.1, 0.15) is 11.6 Å². The molecule has 0 aliphatic heterocycles. The van der Waals surface area contributed by atoms with Crippen molar-refractivity contribution in [3.63, 3.8) is 0 Å². The first kappa shape index (κ1) is 11.5. The highest BCUT2D eigenvalue weighted by atomic mass is 79.9. The van der Waals surface area contributed by atoms with Gasteiger partial charge in [0.05, 0.1) is 11.6 Å². The maximum absolute atomic E-state index is 13.1. The van der Waals surface area contributed by atoms with E-state index in [9.17, 15) is 4.39 Å². The van der Waals surface area contributed by atoms with Crippen LogP contribution in [0.5, 0.6) is 5.75 Å². The van der Waals surface area contributed by atoms with Crippen molar-refractivity contribution in [1.82, 2.24) is 0 Å². The van der Waals surface area contributed by atoms with E-state index < -0.39 is 0 Å². The summed E-state index contributed by atoms with van der Waals surface area (Å²) in [5, 5.41) is 8.67. The highest BCUT2D eigenvalue weighted by Gasteiger charge is 2.08. The number of aryl methyl sites for hydroxylation is 1. The fourth-order valence-electron chi connectivity index (χ4n) is 1.22. The van der Waals surface area contributed by atoms with Gasteiger partial charge in [0.15, 0.2) is 0 Å². The summed E-state index contributed by atoms with van der Waals surface area (Å²) in [6, 6.07) is 2.77. The second kappa shape index (κ2) is 5.32. The fourth-order valence-corrected chi connectivity index (χ4v) is 1.81. The van der Waals surface area contributed by atoms with Crippen molar-refractivity contribution in [3.05, 3.63) is 28.0 Å². The van der Waals surface area contributed by atoms with E-state index in [-0.39, 0.29) is 12.4 Å². The number of aliphatic hydroxyl groups excluding tert-OH is 1. The number of ether oxygens (including phenoxy) is 1. The molecular weight excluding hydrogens is 251 g/mol. The summed E-state index contributed by atoms with van der Waals surface area (Å²) in [7, 11) is 1.50. The van der Waals surface area contributed by atoms with E-state index in [0.29, 0.717) is 18.6 Å². The Balaban J connectivity index is 2.96. The van der Waals surface area contributed by atoms with E-state index in [2.05, 4.69) is 15.9 Å². The van der Waals surface area contributed by atoms with E-state index in [1.54, 1.807) is 0 Å². The summed E-state index contributed by atoms with van der Waals surface area (Å²) in [5.74, 6) is 0.163. The van der Waals surface area contributed by atoms with Gasteiger partial charge in [-0.1, -0.05) is 0 Å². The molecule has 0 amide bonds. The van der Waals surface area contributed by atoms with Crippen molar-refractivity contribution in [3.8, 4) is 5.75 Å². The van der Waals surface area contributed by atoms with Gasteiger partial charge in [0.2, 0.25) is 0 Å². The monoisotopic (exact) mass is 262 g/mol. The van der Waals surface area contributed by atoms with E-state index in [1.165, 1.54) is 19.2 Å². The Kier molecular flexibility index (Phi) is 4.35. The van der Waals surface area contributed by atoms with Gasteiger partial charge in [-0.2, -0.15) is 0 Å². The van der Waals surface area contributed by atoms with Crippen molar-refractivity contribution < 1.29 is 14.2 Å². The second-order valence-electron chi connectivity index (χ2n) is 2.91. The Morgan fingerprint density at radius 3 is 2.79 bits per heavy atom. The largest absolute Gasteiger partial charge is 0.495 e. The molecule has 78 valence electrons. The standard InChI is InChI=1S/C10H12BrFO2/c1-14-9-6-8(12)5-7(10(9)11)3-2-4-13/h5-6,13H,2-4H2,1H3. The van der Waals surface area contributed by atoms with Crippen LogP contribution in [0.25, 0.3) is 0 Å². The predicted molar refractivity (Wildman–Crippen MR) is 56.1 cm³/mol. The van der Waals surface area contributed by atoms with E-state index >= 15 is 0 Å². The van der Waals surface area contributed by atoms with Crippen molar-refractivity contribution in [2.24, 2.45) is 0 Å². The molecule has 0 aliphatic carbocycles. The maximum atomic E-state index is 13.1. The summed E-state index contributed by atoms with van der Waals surface area (Å²) >= 11 is 3.33. The van der Waals surface area contributed by atoms with Gasteiger partial charge in [-0.05, 0) is 40.4 Å². The lowest BCUT2D eigenvalue weighted by molar-refractivity contribution is 0.288. The summed E-state index contributed by atoms with van der Waals surface area (Å²) in [5.41, 5.74) is 0.816. The van der Waals surface area contributed by atoms with Gasteiger partial charge >= 0.3 is 0 Å². The molecule has 0 saturated heterocycles. The first-order chi connectivity index (χ1) is 6.69. The average Bonchev–Trinajstić information content (AvgIpc) is 2.18. The minimum absolute atomic E-state index is 0.102. The highest BCUT2D eigenvalue weighted by Crippen LogP contribution is 2.30. The van der Waals surface area contributed by atoms with E-state index in [0.717, 1.165) is 10.0 Å². The third-order valence-corrected chi connectivity index (χ3v) is 2.80. The molecule has 0 radical (unpaired) electrons. The molecule has 1 aromatic carbocycles. The van der Waals surface area contributed by atoms with E-state index in [4.69, 9.17) is 9.84 Å².